The lowest BCUT2D eigenvalue weighted by Gasteiger charge is -2.18. The fourth-order valence-electron chi connectivity index (χ4n) is 0.429. The summed E-state index contributed by atoms with van der Waals surface area (Å²) in [5.41, 5.74) is -1.64. The van der Waals surface area contributed by atoms with Gasteiger partial charge < -0.3 is 10.2 Å². The van der Waals surface area contributed by atoms with Crippen LogP contribution in [0.4, 0.5) is 4.79 Å². The molecule has 0 aliphatic rings. The average molecular weight is 144 g/mol. The van der Waals surface area contributed by atoms with E-state index in [1.165, 1.54) is 6.92 Å². The Morgan fingerprint density at radius 3 is 2.70 bits per heavy atom. The molecule has 10 heavy (non-hydrogen) atoms. The molecule has 56 valence electrons. The first kappa shape index (κ1) is 8.72. The van der Waals surface area contributed by atoms with Crippen molar-refractivity contribution in [2.75, 3.05) is 0 Å². The summed E-state index contributed by atoms with van der Waals surface area (Å²) in [4.78, 5) is 9.91. The predicted octanol–water partition coefficient (Wildman–Crippen LogP) is -0.124. The summed E-state index contributed by atoms with van der Waals surface area (Å²) in [6.07, 6.45) is -1.61. The van der Waals surface area contributed by atoms with Gasteiger partial charge in [0.15, 0.2) is 5.72 Å². The molecule has 0 saturated carbocycles. The molecule has 3 N–H and O–H groups in total. The van der Waals surface area contributed by atoms with Crippen LogP contribution in [0, 0.1) is 11.3 Å². The summed E-state index contributed by atoms with van der Waals surface area (Å²) in [6, 6.07) is 1.64. The predicted molar refractivity (Wildman–Crippen MR) is 32.0 cm³/mol. The van der Waals surface area contributed by atoms with Crippen LogP contribution in [-0.2, 0) is 0 Å². The van der Waals surface area contributed by atoms with Crippen LogP contribution in [0.25, 0.3) is 0 Å². The lowest BCUT2D eigenvalue weighted by Crippen LogP contribution is -2.44. The van der Waals surface area contributed by atoms with Crippen molar-refractivity contribution in [2.24, 2.45) is 0 Å². The highest BCUT2D eigenvalue weighted by molar-refractivity contribution is 5.65. The Bertz CT molecular complexity index is 170. The summed E-state index contributed by atoms with van der Waals surface area (Å²) in [5.74, 6) is 0. The lowest BCUT2D eigenvalue weighted by molar-refractivity contribution is 0.0315. The van der Waals surface area contributed by atoms with E-state index in [2.05, 4.69) is 0 Å². The molecule has 0 aromatic carbocycles. The fraction of sp³-hybridized carbons (Fsp3) is 0.600. The van der Waals surface area contributed by atoms with Crippen LogP contribution in [0.3, 0.4) is 0 Å². The molecule has 0 fully saturated rings. The van der Waals surface area contributed by atoms with Gasteiger partial charge in [0, 0.05) is 0 Å². The van der Waals surface area contributed by atoms with E-state index >= 15 is 0 Å². The molecule has 0 rings (SSSR count). The zero-order valence-electron chi connectivity index (χ0n) is 5.46. The number of amides is 1. The standard InChI is InChI=1S/C5H8N2O3/c1-5(10,2-3-6)7-4(8)9/h7,10H,2H2,1H3,(H,8,9)/t5-/m0/s1. The van der Waals surface area contributed by atoms with Gasteiger partial charge >= 0.3 is 6.09 Å². The molecular weight excluding hydrogens is 136 g/mol. The highest BCUT2D eigenvalue weighted by Crippen LogP contribution is 2.01. The second kappa shape index (κ2) is 3.03. The number of nitriles is 1. The fourth-order valence-corrected chi connectivity index (χ4v) is 0.429. The number of carboxylic acid groups (broad SMARTS) is 1. The van der Waals surface area contributed by atoms with Crippen molar-refractivity contribution in [3.8, 4) is 6.07 Å². The third kappa shape index (κ3) is 3.69. The molecule has 1 atom stereocenters. The van der Waals surface area contributed by atoms with Gasteiger partial charge in [0.1, 0.15) is 0 Å². The number of aliphatic hydroxyl groups is 1. The monoisotopic (exact) mass is 144 g/mol. The molecule has 5 heteroatoms. The first-order valence-corrected chi connectivity index (χ1v) is 2.58. The van der Waals surface area contributed by atoms with Gasteiger partial charge in [0.2, 0.25) is 0 Å². The Labute approximate surface area is 57.9 Å². The maximum Gasteiger partial charge on any atom is 0.406 e. The first-order valence-electron chi connectivity index (χ1n) is 2.58. The molecule has 0 bridgehead atoms. The van der Waals surface area contributed by atoms with E-state index in [-0.39, 0.29) is 6.42 Å². The van der Waals surface area contributed by atoms with Crippen LogP contribution in [0.2, 0.25) is 0 Å². The van der Waals surface area contributed by atoms with Crippen molar-refractivity contribution in [3.05, 3.63) is 0 Å². The van der Waals surface area contributed by atoms with Crippen LogP contribution >= 0.6 is 0 Å². The number of hydrogen-bond donors (Lipinski definition) is 3. The molecule has 0 radical (unpaired) electrons. The Morgan fingerprint density at radius 2 is 2.40 bits per heavy atom. The van der Waals surface area contributed by atoms with E-state index in [1.54, 1.807) is 11.4 Å². The molecule has 0 saturated heterocycles. The van der Waals surface area contributed by atoms with Crippen molar-refractivity contribution in [1.29, 1.82) is 5.26 Å². The largest absolute Gasteiger partial charge is 0.465 e. The zero-order chi connectivity index (χ0) is 8.20. The number of nitrogens with zero attached hydrogens (tertiary/aromatic N) is 1. The third-order valence-electron chi connectivity index (χ3n) is 0.800. The molecule has 0 aromatic heterocycles. The van der Waals surface area contributed by atoms with Gasteiger partial charge in [-0.05, 0) is 6.92 Å². The number of hydrogen-bond acceptors (Lipinski definition) is 3. The van der Waals surface area contributed by atoms with Gasteiger partial charge in [0.25, 0.3) is 0 Å². The lowest BCUT2D eigenvalue weighted by atomic mass is 10.2. The van der Waals surface area contributed by atoms with Gasteiger partial charge in [0.05, 0.1) is 12.5 Å². The first-order chi connectivity index (χ1) is 4.48. The van der Waals surface area contributed by atoms with E-state index in [0.717, 1.165) is 0 Å². The number of nitrogens with one attached hydrogen (secondary N) is 1. The minimum absolute atomic E-state index is 0.265. The summed E-state index contributed by atoms with van der Waals surface area (Å²) < 4.78 is 0. The second-order valence-corrected chi connectivity index (χ2v) is 2.04. The summed E-state index contributed by atoms with van der Waals surface area (Å²) in [5, 5.41) is 26.9. The number of carbonyl (C=O) groups is 1. The minimum Gasteiger partial charge on any atom is -0.465 e. The van der Waals surface area contributed by atoms with Gasteiger partial charge in [-0.25, -0.2) is 4.79 Å². The highest BCUT2D eigenvalue weighted by atomic mass is 16.4. The van der Waals surface area contributed by atoms with Gasteiger partial charge in [-0.1, -0.05) is 0 Å². The Morgan fingerprint density at radius 1 is 1.90 bits per heavy atom. The van der Waals surface area contributed by atoms with Gasteiger partial charge in [-0.2, -0.15) is 5.26 Å². The normalized spacial score (nSPS) is 14.9. The van der Waals surface area contributed by atoms with E-state index in [4.69, 9.17) is 15.5 Å². The maximum absolute atomic E-state index is 9.91. The summed E-state index contributed by atoms with van der Waals surface area (Å²) >= 11 is 0. The van der Waals surface area contributed by atoms with Crippen LogP contribution in [0.5, 0.6) is 0 Å². The molecule has 0 aromatic rings. The van der Waals surface area contributed by atoms with Crippen LogP contribution in [-0.4, -0.2) is 22.0 Å². The Kier molecular flexibility index (Phi) is 2.65. The van der Waals surface area contributed by atoms with E-state index in [1.807, 2.05) is 0 Å². The quantitative estimate of drug-likeness (QED) is 0.471. The second-order valence-electron chi connectivity index (χ2n) is 2.04. The van der Waals surface area contributed by atoms with Crippen molar-refractivity contribution >= 4 is 6.09 Å². The molecular formula is C5H8N2O3. The van der Waals surface area contributed by atoms with Crippen molar-refractivity contribution in [3.63, 3.8) is 0 Å². The minimum atomic E-state index is -1.64. The number of rotatable bonds is 2. The maximum atomic E-state index is 9.91. The van der Waals surface area contributed by atoms with E-state index < -0.39 is 11.8 Å². The summed E-state index contributed by atoms with van der Waals surface area (Å²) in [6.45, 7) is 1.21. The van der Waals surface area contributed by atoms with Gasteiger partial charge in [-0.3, -0.25) is 5.32 Å². The van der Waals surface area contributed by atoms with Crippen molar-refractivity contribution in [2.45, 2.75) is 19.1 Å². The van der Waals surface area contributed by atoms with Crippen LogP contribution in [0.15, 0.2) is 0 Å². The molecule has 0 aliphatic carbocycles. The topological polar surface area (TPSA) is 93.4 Å². The van der Waals surface area contributed by atoms with Crippen LogP contribution in [0.1, 0.15) is 13.3 Å². The van der Waals surface area contributed by atoms with E-state index in [0.29, 0.717) is 0 Å². The van der Waals surface area contributed by atoms with E-state index in [9.17, 15) is 4.79 Å². The summed E-state index contributed by atoms with van der Waals surface area (Å²) in [7, 11) is 0. The van der Waals surface area contributed by atoms with Crippen molar-refractivity contribution < 1.29 is 15.0 Å². The molecule has 0 unspecified atom stereocenters. The van der Waals surface area contributed by atoms with Crippen LogP contribution < -0.4 is 5.32 Å². The molecule has 1 amide bonds. The molecule has 0 aliphatic heterocycles. The smallest absolute Gasteiger partial charge is 0.406 e. The molecule has 0 heterocycles. The highest BCUT2D eigenvalue weighted by Gasteiger charge is 2.21. The SMILES string of the molecule is C[C@](O)(CC#N)NC(=O)O. The molecule has 5 nitrogen and oxygen atoms in total. The zero-order valence-corrected chi connectivity index (χ0v) is 5.46. The average Bonchev–Trinajstić information content (AvgIpc) is 1.59. The molecule has 0 spiro atoms. The Balaban J connectivity index is 3.89. The van der Waals surface area contributed by atoms with Gasteiger partial charge in [-0.15, -0.1) is 0 Å². The Hall–Kier alpha value is -1.28. The third-order valence-corrected chi connectivity index (χ3v) is 0.800. The van der Waals surface area contributed by atoms with Crippen molar-refractivity contribution in [1.82, 2.24) is 5.32 Å².